The SMILES string of the molecule is C=Cc1ccccc1C=C.CCCCCC. The number of benzene rings is 1. The monoisotopic (exact) mass is 216 g/mol. The van der Waals surface area contributed by atoms with Crippen molar-refractivity contribution in [2.45, 2.75) is 39.5 Å². The van der Waals surface area contributed by atoms with Crippen LogP contribution in [0.2, 0.25) is 0 Å². The number of hydrogen-bond donors (Lipinski definition) is 0. The van der Waals surface area contributed by atoms with Crippen LogP contribution in [-0.2, 0) is 0 Å². The molecular weight excluding hydrogens is 192 g/mol. The predicted octanol–water partition coefficient (Wildman–Crippen LogP) is 5.56. The van der Waals surface area contributed by atoms with Crippen LogP contribution in [0.4, 0.5) is 0 Å². The maximum absolute atomic E-state index is 3.69. The topological polar surface area (TPSA) is 0 Å². The van der Waals surface area contributed by atoms with Crippen molar-refractivity contribution in [3.8, 4) is 0 Å². The molecule has 0 atom stereocenters. The van der Waals surface area contributed by atoms with E-state index in [9.17, 15) is 0 Å². The van der Waals surface area contributed by atoms with Gasteiger partial charge in [0.15, 0.2) is 0 Å². The zero-order valence-corrected chi connectivity index (χ0v) is 10.7. The van der Waals surface area contributed by atoms with Crippen LogP contribution in [0, 0.1) is 0 Å². The third-order valence-electron chi connectivity index (χ3n) is 2.39. The molecule has 0 saturated heterocycles. The molecule has 0 aromatic heterocycles. The Morgan fingerprint density at radius 3 is 1.50 bits per heavy atom. The summed E-state index contributed by atoms with van der Waals surface area (Å²) in [4.78, 5) is 0. The Morgan fingerprint density at radius 1 is 0.875 bits per heavy atom. The Kier molecular flexibility index (Phi) is 9.39. The highest BCUT2D eigenvalue weighted by Crippen LogP contribution is 2.10. The highest BCUT2D eigenvalue weighted by Gasteiger charge is 1.89. The first kappa shape index (κ1) is 14.7. The molecule has 1 aromatic rings. The lowest BCUT2D eigenvalue weighted by atomic mass is 10.1. The van der Waals surface area contributed by atoms with Crippen LogP contribution in [0.15, 0.2) is 37.4 Å². The van der Waals surface area contributed by atoms with Gasteiger partial charge in [0.25, 0.3) is 0 Å². The molecule has 88 valence electrons. The van der Waals surface area contributed by atoms with Gasteiger partial charge >= 0.3 is 0 Å². The van der Waals surface area contributed by atoms with Gasteiger partial charge in [0.05, 0.1) is 0 Å². The van der Waals surface area contributed by atoms with Crippen molar-refractivity contribution in [2.75, 3.05) is 0 Å². The molecular formula is C16H24. The normalized spacial score (nSPS) is 8.88. The Hall–Kier alpha value is -1.30. The van der Waals surface area contributed by atoms with Crippen LogP contribution < -0.4 is 0 Å². The van der Waals surface area contributed by atoms with Crippen LogP contribution in [0.1, 0.15) is 50.7 Å². The van der Waals surface area contributed by atoms with Gasteiger partial charge in [-0.1, -0.05) is 89.1 Å². The van der Waals surface area contributed by atoms with Gasteiger partial charge in [-0.05, 0) is 11.1 Å². The average molecular weight is 216 g/mol. The Bertz CT molecular complexity index is 266. The van der Waals surface area contributed by atoms with Crippen molar-refractivity contribution in [3.05, 3.63) is 48.6 Å². The third-order valence-corrected chi connectivity index (χ3v) is 2.39. The van der Waals surface area contributed by atoms with Gasteiger partial charge in [-0.15, -0.1) is 0 Å². The summed E-state index contributed by atoms with van der Waals surface area (Å²) in [6.07, 6.45) is 9.20. The minimum absolute atomic E-state index is 1.14. The lowest BCUT2D eigenvalue weighted by molar-refractivity contribution is 0.702. The summed E-state index contributed by atoms with van der Waals surface area (Å²) >= 11 is 0. The fourth-order valence-electron chi connectivity index (χ4n) is 1.38. The van der Waals surface area contributed by atoms with Gasteiger partial charge in [0, 0.05) is 0 Å². The van der Waals surface area contributed by atoms with E-state index in [1.165, 1.54) is 25.7 Å². The third kappa shape index (κ3) is 6.23. The van der Waals surface area contributed by atoms with Crippen LogP contribution in [0.25, 0.3) is 12.2 Å². The van der Waals surface area contributed by atoms with E-state index >= 15 is 0 Å². The molecule has 0 spiro atoms. The molecule has 0 fully saturated rings. The maximum atomic E-state index is 3.69. The zero-order chi connectivity index (χ0) is 12.2. The van der Waals surface area contributed by atoms with Crippen LogP contribution in [0.5, 0.6) is 0 Å². The Balaban J connectivity index is 0.000000325. The molecule has 16 heavy (non-hydrogen) atoms. The molecule has 1 rings (SSSR count). The van der Waals surface area contributed by atoms with Crippen molar-refractivity contribution in [3.63, 3.8) is 0 Å². The van der Waals surface area contributed by atoms with E-state index in [1.807, 2.05) is 36.4 Å². The standard InChI is InChI=1S/C10H10.C6H14/c1-3-9-7-5-6-8-10(9)4-2;1-3-5-6-4-2/h3-8H,1-2H2;3-6H2,1-2H3. The second kappa shape index (κ2) is 10.2. The molecule has 0 aliphatic rings. The van der Waals surface area contributed by atoms with Crippen molar-refractivity contribution in [1.82, 2.24) is 0 Å². The van der Waals surface area contributed by atoms with Gasteiger partial charge in [0.2, 0.25) is 0 Å². The predicted molar refractivity (Wildman–Crippen MR) is 76.4 cm³/mol. The summed E-state index contributed by atoms with van der Waals surface area (Å²) in [5.74, 6) is 0. The number of unbranched alkanes of at least 4 members (excludes halogenated alkanes) is 3. The van der Waals surface area contributed by atoms with E-state index in [2.05, 4.69) is 27.0 Å². The first-order valence-corrected chi connectivity index (χ1v) is 6.14. The molecule has 1 aromatic carbocycles. The number of rotatable bonds is 5. The molecule has 0 radical (unpaired) electrons. The van der Waals surface area contributed by atoms with E-state index in [4.69, 9.17) is 0 Å². The van der Waals surface area contributed by atoms with Crippen molar-refractivity contribution >= 4 is 12.2 Å². The second-order valence-corrected chi connectivity index (χ2v) is 3.74. The zero-order valence-electron chi connectivity index (χ0n) is 10.7. The van der Waals surface area contributed by atoms with Gasteiger partial charge in [0.1, 0.15) is 0 Å². The van der Waals surface area contributed by atoms with E-state index in [1.54, 1.807) is 0 Å². The maximum Gasteiger partial charge on any atom is -0.0190 e. The van der Waals surface area contributed by atoms with E-state index in [0.29, 0.717) is 0 Å². The van der Waals surface area contributed by atoms with E-state index in [0.717, 1.165) is 11.1 Å². The van der Waals surface area contributed by atoms with Crippen molar-refractivity contribution in [2.24, 2.45) is 0 Å². The lowest BCUT2D eigenvalue weighted by Gasteiger charge is -1.96. The molecule has 0 nitrogen and oxygen atoms in total. The molecule has 0 N–H and O–H groups in total. The first-order valence-electron chi connectivity index (χ1n) is 6.14. The Labute approximate surface area is 101 Å². The molecule has 0 aliphatic heterocycles. The highest BCUT2D eigenvalue weighted by atomic mass is 13.9. The molecule has 0 bridgehead atoms. The summed E-state index contributed by atoms with van der Waals surface area (Å²) < 4.78 is 0. The molecule has 0 heteroatoms. The fraction of sp³-hybridized carbons (Fsp3) is 0.375. The van der Waals surface area contributed by atoms with Crippen molar-refractivity contribution in [1.29, 1.82) is 0 Å². The molecule has 0 amide bonds. The fourth-order valence-corrected chi connectivity index (χ4v) is 1.38. The summed E-state index contributed by atoms with van der Waals surface area (Å²) in [6.45, 7) is 11.8. The minimum Gasteiger partial charge on any atom is -0.0984 e. The van der Waals surface area contributed by atoms with Gasteiger partial charge in [-0.2, -0.15) is 0 Å². The molecule has 0 heterocycles. The summed E-state index contributed by atoms with van der Waals surface area (Å²) in [7, 11) is 0. The largest absolute Gasteiger partial charge is 0.0984 e. The van der Waals surface area contributed by atoms with Crippen LogP contribution in [-0.4, -0.2) is 0 Å². The van der Waals surface area contributed by atoms with E-state index < -0.39 is 0 Å². The molecule has 0 unspecified atom stereocenters. The molecule has 0 aliphatic carbocycles. The van der Waals surface area contributed by atoms with Gasteiger partial charge < -0.3 is 0 Å². The second-order valence-electron chi connectivity index (χ2n) is 3.74. The van der Waals surface area contributed by atoms with Gasteiger partial charge in [-0.3, -0.25) is 0 Å². The quantitative estimate of drug-likeness (QED) is 0.565. The first-order chi connectivity index (χ1) is 7.79. The lowest BCUT2D eigenvalue weighted by Crippen LogP contribution is -1.76. The van der Waals surface area contributed by atoms with Crippen LogP contribution in [0.3, 0.4) is 0 Å². The van der Waals surface area contributed by atoms with Gasteiger partial charge in [-0.25, -0.2) is 0 Å². The summed E-state index contributed by atoms with van der Waals surface area (Å²) in [5.41, 5.74) is 2.27. The van der Waals surface area contributed by atoms with Crippen LogP contribution >= 0.6 is 0 Å². The Morgan fingerprint density at radius 2 is 1.25 bits per heavy atom. The number of hydrogen-bond acceptors (Lipinski definition) is 0. The van der Waals surface area contributed by atoms with E-state index in [-0.39, 0.29) is 0 Å². The smallest absolute Gasteiger partial charge is 0.0190 e. The average Bonchev–Trinajstić information content (AvgIpc) is 2.36. The highest BCUT2D eigenvalue weighted by molar-refractivity contribution is 5.63. The van der Waals surface area contributed by atoms with Crippen molar-refractivity contribution < 1.29 is 0 Å². The minimum atomic E-state index is 1.14. The molecule has 0 saturated carbocycles. The summed E-state index contributed by atoms with van der Waals surface area (Å²) in [5, 5.41) is 0. The summed E-state index contributed by atoms with van der Waals surface area (Å²) in [6, 6.07) is 8.02.